The van der Waals surface area contributed by atoms with E-state index in [1.165, 1.54) is 18.7 Å². The van der Waals surface area contributed by atoms with Gasteiger partial charge in [-0.15, -0.1) is 0 Å². The highest BCUT2D eigenvalue weighted by Crippen LogP contribution is 2.23. The smallest absolute Gasteiger partial charge is 0.276 e. The fourth-order valence-electron chi connectivity index (χ4n) is 2.96. The second kappa shape index (κ2) is 5.93. The Balaban J connectivity index is 1.58. The van der Waals surface area contributed by atoms with Gasteiger partial charge in [0.1, 0.15) is 24.1 Å². The largest absolute Gasteiger partial charge is 0.389 e. The molecular weight excluding hydrogens is 312 g/mol. The van der Waals surface area contributed by atoms with Gasteiger partial charge in [0.25, 0.3) is 5.91 Å². The SMILES string of the molecule is O=C(c1ccon1)N1CCN(c2ncnc3[nH]ccc23)C[C@H](O)C1. The standard InChI is InChI=1S/C15H16N6O3/c22-10-7-20(14-11-1-3-16-13(11)17-9-18-14)4-5-21(8-10)15(23)12-2-6-24-19-12/h1-3,6,9-10,22H,4-5,7-8H2,(H,16,17,18)/t10-/m0/s1. The molecule has 3 aromatic rings. The molecule has 0 radical (unpaired) electrons. The zero-order valence-electron chi connectivity index (χ0n) is 12.8. The molecule has 1 saturated heterocycles. The van der Waals surface area contributed by atoms with Crippen LogP contribution in [-0.4, -0.2) is 68.3 Å². The third-order valence-corrected chi connectivity index (χ3v) is 4.08. The first-order valence-corrected chi connectivity index (χ1v) is 7.63. The maximum absolute atomic E-state index is 12.4. The molecule has 3 aromatic heterocycles. The first kappa shape index (κ1) is 14.6. The Kier molecular flexibility index (Phi) is 3.62. The van der Waals surface area contributed by atoms with Gasteiger partial charge in [-0.25, -0.2) is 9.97 Å². The molecule has 0 unspecified atom stereocenters. The van der Waals surface area contributed by atoms with E-state index in [2.05, 4.69) is 20.1 Å². The zero-order chi connectivity index (χ0) is 16.5. The number of amides is 1. The first-order chi connectivity index (χ1) is 11.7. The highest BCUT2D eigenvalue weighted by molar-refractivity contribution is 5.92. The van der Waals surface area contributed by atoms with Crippen molar-refractivity contribution in [1.82, 2.24) is 25.0 Å². The molecule has 0 aliphatic carbocycles. The Hall–Kier alpha value is -2.94. The van der Waals surface area contributed by atoms with Crippen molar-refractivity contribution in [3.63, 3.8) is 0 Å². The summed E-state index contributed by atoms with van der Waals surface area (Å²) in [7, 11) is 0. The fraction of sp³-hybridized carbons (Fsp3) is 0.333. The van der Waals surface area contributed by atoms with Crippen LogP contribution < -0.4 is 4.90 Å². The molecule has 9 heteroatoms. The summed E-state index contributed by atoms with van der Waals surface area (Å²) in [6.07, 6.45) is 3.96. The Labute approximate surface area is 136 Å². The van der Waals surface area contributed by atoms with Crippen molar-refractivity contribution >= 4 is 22.8 Å². The van der Waals surface area contributed by atoms with Crippen LogP contribution in [0.15, 0.2) is 35.4 Å². The number of hydrogen-bond donors (Lipinski definition) is 2. The van der Waals surface area contributed by atoms with Crippen molar-refractivity contribution in [2.24, 2.45) is 0 Å². The van der Waals surface area contributed by atoms with E-state index in [9.17, 15) is 9.90 Å². The van der Waals surface area contributed by atoms with E-state index >= 15 is 0 Å². The maximum atomic E-state index is 12.4. The lowest BCUT2D eigenvalue weighted by molar-refractivity contribution is 0.0664. The quantitative estimate of drug-likeness (QED) is 0.694. The minimum Gasteiger partial charge on any atom is -0.389 e. The van der Waals surface area contributed by atoms with Crippen LogP contribution in [0.3, 0.4) is 0 Å². The molecule has 1 amide bonds. The molecule has 0 aromatic carbocycles. The average molecular weight is 328 g/mol. The molecular formula is C15H16N6O3. The van der Waals surface area contributed by atoms with Gasteiger partial charge in [-0.3, -0.25) is 4.79 Å². The number of H-pyrrole nitrogens is 1. The number of hydrogen-bond acceptors (Lipinski definition) is 7. The van der Waals surface area contributed by atoms with Gasteiger partial charge in [0.15, 0.2) is 5.69 Å². The number of aromatic nitrogens is 4. The highest BCUT2D eigenvalue weighted by atomic mass is 16.5. The van der Waals surface area contributed by atoms with Gasteiger partial charge >= 0.3 is 0 Å². The number of aliphatic hydroxyl groups excluding tert-OH is 1. The Morgan fingerprint density at radius 3 is 3.04 bits per heavy atom. The number of nitrogens with one attached hydrogen (secondary N) is 1. The number of rotatable bonds is 2. The first-order valence-electron chi connectivity index (χ1n) is 7.63. The van der Waals surface area contributed by atoms with E-state index in [-0.39, 0.29) is 18.1 Å². The molecule has 2 N–H and O–H groups in total. The number of carbonyl (C=O) groups is 1. The lowest BCUT2D eigenvalue weighted by Gasteiger charge is -2.23. The average Bonchev–Trinajstić information content (AvgIpc) is 3.24. The van der Waals surface area contributed by atoms with E-state index in [1.807, 2.05) is 11.0 Å². The van der Waals surface area contributed by atoms with Crippen LogP contribution in [0.25, 0.3) is 11.0 Å². The number of aromatic amines is 1. The summed E-state index contributed by atoms with van der Waals surface area (Å²) in [6, 6.07) is 3.42. The number of anilines is 1. The number of aliphatic hydroxyl groups is 1. The monoisotopic (exact) mass is 328 g/mol. The highest BCUT2D eigenvalue weighted by Gasteiger charge is 2.27. The predicted octanol–water partition coefficient (Wildman–Crippen LogP) is 0.269. The molecule has 1 fully saturated rings. The second-order valence-electron chi connectivity index (χ2n) is 5.67. The minimum absolute atomic E-state index is 0.240. The van der Waals surface area contributed by atoms with E-state index in [4.69, 9.17) is 4.52 Å². The Morgan fingerprint density at radius 2 is 2.21 bits per heavy atom. The van der Waals surface area contributed by atoms with E-state index in [0.29, 0.717) is 19.6 Å². The molecule has 4 heterocycles. The van der Waals surface area contributed by atoms with Gasteiger partial charge < -0.3 is 24.4 Å². The van der Waals surface area contributed by atoms with Gasteiger partial charge in [-0.05, 0) is 6.07 Å². The topological polar surface area (TPSA) is 111 Å². The number of β-amino-alcohol motifs (C(OH)–C–C–N with tert-alkyl or cyclic N) is 1. The molecule has 1 atom stereocenters. The third kappa shape index (κ3) is 2.58. The van der Waals surface area contributed by atoms with Crippen LogP contribution >= 0.6 is 0 Å². The lowest BCUT2D eigenvalue weighted by Crippen LogP contribution is -2.37. The zero-order valence-corrected chi connectivity index (χ0v) is 12.8. The summed E-state index contributed by atoms with van der Waals surface area (Å²) >= 11 is 0. The van der Waals surface area contributed by atoms with Crippen LogP contribution in [0.4, 0.5) is 5.82 Å². The van der Waals surface area contributed by atoms with E-state index in [0.717, 1.165) is 16.9 Å². The molecule has 9 nitrogen and oxygen atoms in total. The molecule has 0 saturated carbocycles. The van der Waals surface area contributed by atoms with Crippen LogP contribution in [0.2, 0.25) is 0 Å². The Bertz CT molecular complexity index is 846. The maximum Gasteiger partial charge on any atom is 0.276 e. The molecule has 1 aliphatic rings. The third-order valence-electron chi connectivity index (χ3n) is 4.08. The molecule has 24 heavy (non-hydrogen) atoms. The molecule has 1 aliphatic heterocycles. The van der Waals surface area contributed by atoms with Crippen molar-refractivity contribution in [3.05, 3.63) is 36.6 Å². The number of nitrogens with zero attached hydrogens (tertiary/aromatic N) is 5. The minimum atomic E-state index is -0.688. The Morgan fingerprint density at radius 1 is 1.29 bits per heavy atom. The summed E-state index contributed by atoms with van der Waals surface area (Å²) in [5, 5.41) is 14.9. The van der Waals surface area contributed by atoms with Crippen molar-refractivity contribution < 1.29 is 14.4 Å². The second-order valence-corrected chi connectivity index (χ2v) is 5.67. The molecule has 0 spiro atoms. The molecule has 4 rings (SSSR count). The summed E-state index contributed by atoms with van der Waals surface area (Å²) in [4.78, 5) is 27.5. The van der Waals surface area contributed by atoms with Gasteiger partial charge in [0, 0.05) is 38.4 Å². The van der Waals surface area contributed by atoms with Gasteiger partial charge in [-0.2, -0.15) is 0 Å². The van der Waals surface area contributed by atoms with Gasteiger partial charge in [-0.1, -0.05) is 5.16 Å². The number of fused-ring (bicyclic) bond motifs is 1. The molecule has 124 valence electrons. The summed E-state index contributed by atoms with van der Waals surface area (Å²) in [5.74, 6) is 0.496. The van der Waals surface area contributed by atoms with Crippen LogP contribution in [0.1, 0.15) is 10.5 Å². The van der Waals surface area contributed by atoms with Crippen molar-refractivity contribution in [1.29, 1.82) is 0 Å². The van der Waals surface area contributed by atoms with Crippen molar-refractivity contribution in [2.75, 3.05) is 31.1 Å². The van der Waals surface area contributed by atoms with E-state index in [1.54, 1.807) is 11.1 Å². The van der Waals surface area contributed by atoms with E-state index < -0.39 is 6.10 Å². The summed E-state index contributed by atoms with van der Waals surface area (Å²) in [5.41, 5.74) is 0.986. The van der Waals surface area contributed by atoms with Crippen LogP contribution in [0, 0.1) is 0 Å². The normalized spacial score (nSPS) is 18.8. The van der Waals surface area contributed by atoms with Crippen LogP contribution in [-0.2, 0) is 0 Å². The fourth-order valence-corrected chi connectivity index (χ4v) is 2.96. The van der Waals surface area contributed by atoms with Gasteiger partial charge in [0.2, 0.25) is 0 Å². The summed E-state index contributed by atoms with van der Waals surface area (Å²) < 4.78 is 4.72. The molecule has 0 bridgehead atoms. The number of carbonyl (C=O) groups excluding carboxylic acids is 1. The summed E-state index contributed by atoms with van der Waals surface area (Å²) in [6.45, 7) is 1.64. The van der Waals surface area contributed by atoms with Gasteiger partial charge in [0.05, 0.1) is 11.5 Å². The lowest BCUT2D eigenvalue weighted by atomic mass is 10.3. The van der Waals surface area contributed by atoms with Crippen molar-refractivity contribution in [3.8, 4) is 0 Å². The van der Waals surface area contributed by atoms with Crippen LogP contribution in [0.5, 0.6) is 0 Å². The van der Waals surface area contributed by atoms with Crippen molar-refractivity contribution in [2.45, 2.75) is 6.10 Å². The predicted molar refractivity (Wildman–Crippen MR) is 84.5 cm³/mol.